The summed E-state index contributed by atoms with van der Waals surface area (Å²) in [5.41, 5.74) is 2.04. The second-order valence-corrected chi connectivity index (χ2v) is 5.13. The highest BCUT2D eigenvalue weighted by atomic mass is 35.5. The number of benzene rings is 2. The summed E-state index contributed by atoms with van der Waals surface area (Å²) in [5.74, 6) is -0.383. The average molecular weight is 303 g/mol. The van der Waals surface area contributed by atoms with E-state index < -0.39 is 0 Å². The molecule has 2 N–H and O–H groups in total. The minimum absolute atomic E-state index is 0.0772. The van der Waals surface area contributed by atoms with Gasteiger partial charge in [0.15, 0.2) is 5.78 Å². The fraction of sp³-hybridized carbons (Fsp3) is 0.0625. The van der Waals surface area contributed by atoms with E-state index in [2.05, 4.69) is 10.3 Å². The molecule has 0 radical (unpaired) electrons. The molecule has 0 amide bonds. The number of rotatable bonds is 4. The average Bonchev–Trinajstić information content (AvgIpc) is 2.89. The first kappa shape index (κ1) is 13.6. The second kappa shape index (κ2) is 5.58. The Morgan fingerprint density at radius 1 is 1.14 bits per heavy atom. The molecule has 0 spiro atoms. The van der Waals surface area contributed by atoms with Crippen molar-refractivity contribution < 1.29 is 9.18 Å². The third-order valence-electron chi connectivity index (χ3n) is 3.18. The first-order valence-electron chi connectivity index (χ1n) is 6.43. The summed E-state index contributed by atoms with van der Waals surface area (Å²) in [4.78, 5) is 15.2. The maximum Gasteiger partial charge on any atom is 0.197 e. The van der Waals surface area contributed by atoms with Crippen LogP contribution < -0.4 is 5.32 Å². The summed E-state index contributed by atoms with van der Waals surface area (Å²) in [5, 5.41) is 4.52. The molecule has 2 aromatic carbocycles. The van der Waals surface area contributed by atoms with Crippen LogP contribution in [0.25, 0.3) is 10.9 Å². The van der Waals surface area contributed by atoms with Crippen molar-refractivity contribution in [2.75, 3.05) is 11.9 Å². The molecule has 0 fully saturated rings. The van der Waals surface area contributed by atoms with Crippen LogP contribution in [-0.2, 0) is 0 Å². The van der Waals surface area contributed by atoms with Crippen molar-refractivity contribution in [3.63, 3.8) is 0 Å². The number of carbonyl (C=O) groups is 1. The minimum Gasteiger partial charge on any atom is -0.378 e. The first-order chi connectivity index (χ1) is 10.1. The molecule has 0 saturated carbocycles. The lowest BCUT2D eigenvalue weighted by molar-refractivity contribution is 0.100. The molecule has 1 heterocycles. The Balaban J connectivity index is 1.73. The van der Waals surface area contributed by atoms with E-state index in [4.69, 9.17) is 11.6 Å². The van der Waals surface area contributed by atoms with Crippen LogP contribution in [0.2, 0.25) is 5.02 Å². The molecule has 3 rings (SSSR count). The van der Waals surface area contributed by atoms with Crippen LogP contribution in [0.4, 0.5) is 10.1 Å². The highest BCUT2D eigenvalue weighted by Crippen LogP contribution is 2.20. The van der Waals surface area contributed by atoms with Crippen LogP contribution in [0.5, 0.6) is 0 Å². The number of halogens is 2. The summed E-state index contributed by atoms with van der Waals surface area (Å²) >= 11 is 5.91. The van der Waals surface area contributed by atoms with E-state index in [9.17, 15) is 9.18 Å². The standard InChI is InChI=1S/C16H12ClFN2O/c17-11-2-1-10-7-15(20-14(10)8-11)16(21)9-19-13-5-3-12(18)4-6-13/h1-8,19-20H,9H2. The Bertz CT molecular complexity index is 796. The van der Waals surface area contributed by atoms with Gasteiger partial charge in [-0.15, -0.1) is 0 Å². The van der Waals surface area contributed by atoms with Gasteiger partial charge in [-0.1, -0.05) is 17.7 Å². The smallest absolute Gasteiger partial charge is 0.197 e. The number of ketones is 1. The Morgan fingerprint density at radius 3 is 2.67 bits per heavy atom. The van der Waals surface area contributed by atoms with E-state index in [1.807, 2.05) is 6.07 Å². The van der Waals surface area contributed by atoms with E-state index in [-0.39, 0.29) is 18.1 Å². The quantitative estimate of drug-likeness (QED) is 0.707. The summed E-state index contributed by atoms with van der Waals surface area (Å²) in [6.45, 7) is 0.131. The Kier molecular flexibility index (Phi) is 3.62. The molecule has 0 unspecified atom stereocenters. The lowest BCUT2D eigenvalue weighted by Gasteiger charge is -2.04. The van der Waals surface area contributed by atoms with Crippen molar-refractivity contribution >= 4 is 34.0 Å². The third-order valence-corrected chi connectivity index (χ3v) is 3.42. The minimum atomic E-state index is -0.306. The highest BCUT2D eigenvalue weighted by Gasteiger charge is 2.09. The number of H-pyrrole nitrogens is 1. The number of Topliss-reactive ketones (excluding diaryl/α,β-unsaturated/α-hetero) is 1. The second-order valence-electron chi connectivity index (χ2n) is 4.70. The Labute approximate surface area is 125 Å². The van der Waals surface area contributed by atoms with E-state index in [0.717, 1.165) is 10.9 Å². The Hall–Kier alpha value is -2.33. The maximum atomic E-state index is 12.8. The third kappa shape index (κ3) is 3.06. The van der Waals surface area contributed by atoms with Gasteiger partial charge in [-0.25, -0.2) is 4.39 Å². The number of nitrogens with one attached hydrogen (secondary N) is 2. The van der Waals surface area contributed by atoms with Crippen LogP contribution >= 0.6 is 11.6 Å². The molecule has 3 aromatic rings. The number of fused-ring (bicyclic) bond motifs is 1. The van der Waals surface area contributed by atoms with Crippen molar-refractivity contribution in [3.05, 3.63) is 65.1 Å². The predicted octanol–water partition coefficient (Wildman–Crippen LogP) is 4.26. The zero-order chi connectivity index (χ0) is 14.8. The number of hydrogen-bond acceptors (Lipinski definition) is 2. The van der Waals surface area contributed by atoms with Crippen molar-refractivity contribution in [3.8, 4) is 0 Å². The van der Waals surface area contributed by atoms with Crippen LogP contribution in [0.15, 0.2) is 48.5 Å². The Morgan fingerprint density at radius 2 is 1.90 bits per heavy atom. The summed E-state index contributed by atoms with van der Waals surface area (Å²) in [7, 11) is 0. The van der Waals surface area contributed by atoms with E-state index in [1.165, 1.54) is 12.1 Å². The largest absolute Gasteiger partial charge is 0.378 e. The topological polar surface area (TPSA) is 44.9 Å². The predicted molar refractivity (Wildman–Crippen MR) is 82.5 cm³/mol. The fourth-order valence-electron chi connectivity index (χ4n) is 2.09. The molecule has 3 nitrogen and oxygen atoms in total. The summed E-state index contributed by atoms with van der Waals surface area (Å²) in [6.07, 6.45) is 0. The van der Waals surface area contributed by atoms with Crippen LogP contribution in [0.3, 0.4) is 0 Å². The number of carbonyl (C=O) groups excluding carboxylic acids is 1. The molecule has 0 aliphatic rings. The molecular formula is C16H12ClFN2O. The van der Waals surface area contributed by atoms with Gasteiger partial charge in [-0.3, -0.25) is 4.79 Å². The lowest BCUT2D eigenvalue weighted by Crippen LogP contribution is -2.14. The van der Waals surface area contributed by atoms with Crippen molar-refractivity contribution in [1.29, 1.82) is 0 Å². The van der Waals surface area contributed by atoms with Gasteiger partial charge in [-0.2, -0.15) is 0 Å². The van der Waals surface area contributed by atoms with Gasteiger partial charge >= 0.3 is 0 Å². The van der Waals surface area contributed by atoms with Crippen LogP contribution in [-0.4, -0.2) is 17.3 Å². The van der Waals surface area contributed by atoms with E-state index >= 15 is 0 Å². The molecule has 5 heteroatoms. The van der Waals surface area contributed by atoms with Gasteiger partial charge < -0.3 is 10.3 Å². The number of aromatic nitrogens is 1. The van der Waals surface area contributed by atoms with Crippen LogP contribution in [0, 0.1) is 5.82 Å². The van der Waals surface area contributed by atoms with E-state index in [1.54, 1.807) is 30.3 Å². The zero-order valence-corrected chi connectivity index (χ0v) is 11.7. The number of aromatic amines is 1. The van der Waals surface area contributed by atoms with Crippen LogP contribution in [0.1, 0.15) is 10.5 Å². The van der Waals surface area contributed by atoms with E-state index in [0.29, 0.717) is 16.4 Å². The molecule has 0 aliphatic heterocycles. The molecule has 0 aliphatic carbocycles. The highest BCUT2D eigenvalue weighted by molar-refractivity contribution is 6.31. The molecule has 0 bridgehead atoms. The monoisotopic (exact) mass is 302 g/mol. The maximum absolute atomic E-state index is 12.8. The summed E-state index contributed by atoms with van der Waals surface area (Å²) in [6, 6.07) is 13.1. The van der Waals surface area contributed by atoms with Gasteiger partial charge in [0.05, 0.1) is 12.2 Å². The molecule has 21 heavy (non-hydrogen) atoms. The van der Waals surface area contributed by atoms with Gasteiger partial charge in [0.2, 0.25) is 0 Å². The molecule has 106 valence electrons. The zero-order valence-electron chi connectivity index (χ0n) is 11.0. The molecule has 0 atom stereocenters. The summed E-state index contributed by atoms with van der Waals surface area (Å²) < 4.78 is 12.8. The fourth-order valence-corrected chi connectivity index (χ4v) is 2.27. The lowest BCUT2D eigenvalue weighted by atomic mass is 10.2. The number of hydrogen-bond donors (Lipinski definition) is 2. The molecule has 1 aromatic heterocycles. The van der Waals surface area contributed by atoms with Gasteiger partial charge in [-0.05, 0) is 42.5 Å². The SMILES string of the molecule is O=C(CNc1ccc(F)cc1)c1cc2ccc(Cl)cc2[nH]1. The van der Waals surface area contributed by atoms with Gasteiger partial charge in [0, 0.05) is 21.6 Å². The molecular weight excluding hydrogens is 291 g/mol. The van der Waals surface area contributed by atoms with Gasteiger partial charge in [0.25, 0.3) is 0 Å². The van der Waals surface area contributed by atoms with Crippen molar-refractivity contribution in [1.82, 2.24) is 4.98 Å². The van der Waals surface area contributed by atoms with Crippen molar-refractivity contribution in [2.24, 2.45) is 0 Å². The first-order valence-corrected chi connectivity index (χ1v) is 6.80. The molecule has 0 saturated heterocycles. The van der Waals surface area contributed by atoms with Gasteiger partial charge in [0.1, 0.15) is 5.82 Å². The normalized spacial score (nSPS) is 10.8. The number of anilines is 1. The van der Waals surface area contributed by atoms with Crippen molar-refractivity contribution in [2.45, 2.75) is 0 Å².